The number of amides is 3. The summed E-state index contributed by atoms with van der Waals surface area (Å²) in [6.07, 6.45) is 0.270. The Labute approximate surface area is 103 Å². The Morgan fingerprint density at radius 1 is 1.39 bits per heavy atom. The van der Waals surface area contributed by atoms with Gasteiger partial charge in [0.2, 0.25) is 5.91 Å². The second-order valence-electron chi connectivity index (χ2n) is 4.26. The average Bonchev–Trinajstić information content (AvgIpc) is 2.72. The molecule has 0 saturated carbocycles. The van der Waals surface area contributed by atoms with Crippen LogP contribution >= 0.6 is 0 Å². The van der Waals surface area contributed by atoms with Crippen LogP contribution in [0.5, 0.6) is 0 Å². The van der Waals surface area contributed by atoms with Gasteiger partial charge in [-0.1, -0.05) is 11.2 Å². The number of urea groups is 1. The van der Waals surface area contributed by atoms with Crippen LogP contribution in [0.2, 0.25) is 0 Å². The summed E-state index contributed by atoms with van der Waals surface area (Å²) < 4.78 is 5.20. The van der Waals surface area contributed by atoms with Crippen molar-refractivity contribution in [1.29, 1.82) is 0 Å². The number of nitrogens with one attached hydrogen (secondary N) is 1. The third-order valence-corrected chi connectivity index (χ3v) is 2.92. The molecule has 1 aromatic heterocycles. The molecule has 0 aliphatic carbocycles. The Morgan fingerprint density at radius 3 is 3.00 bits per heavy atom. The van der Waals surface area contributed by atoms with E-state index in [0.29, 0.717) is 17.9 Å². The standard InChI is InChI=1S/C12H11N3O3/c1-7-2-3-8-9(6-7)18-14-11(8)15-5-4-10(16)13-12(15)17/h2-3,6H,4-5H2,1H3,(H,13,16,17). The highest BCUT2D eigenvalue weighted by atomic mass is 16.5. The fourth-order valence-corrected chi connectivity index (χ4v) is 1.99. The highest BCUT2D eigenvalue weighted by Crippen LogP contribution is 2.27. The lowest BCUT2D eigenvalue weighted by Gasteiger charge is -2.24. The number of aromatic nitrogens is 1. The van der Waals surface area contributed by atoms with Gasteiger partial charge in [-0.05, 0) is 24.6 Å². The highest BCUT2D eigenvalue weighted by molar-refractivity contribution is 6.08. The van der Waals surface area contributed by atoms with Crippen LogP contribution in [0.15, 0.2) is 22.7 Å². The number of hydrogen-bond donors (Lipinski definition) is 1. The number of anilines is 1. The molecule has 6 nitrogen and oxygen atoms in total. The van der Waals surface area contributed by atoms with Crippen molar-refractivity contribution < 1.29 is 14.1 Å². The molecule has 3 amide bonds. The molecule has 1 aliphatic rings. The summed E-state index contributed by atoms with van der Waals surface area (Å²) in [5, 5.41) is 6.94. The monoisotopic (exact) mass is 245 g/mol. The smallest absolute Gasteiger partial charge is 0.329 e. The minimum absolute atomic E-state index is 0.264. The molecule has 18 heavy (non-hydrogen) atoms. The topological polar surface area (TPSA) is 75.4 Å². The van der Waals surface area contributed by atoms with E-state index in [0.717, 1.165) is 10.9 Å². The van der Waals surface area contributed by atoms with E-state index in [-0.39, 0.29) is 12.3 Å². The zero-order chi connectivity index (χ0) is 12.7. The van der Waals surface area contributed by atoms with Crippen molar-refractivity contribution in [2.24, 2.45) is 0 Å². The molecule has 0 atom stereocenters. The molecule has 0 radical (unpaired) electrons. The number of nitrogens with zero attached hydrogens (tertiary/aromatic N) is 2. The number of carbonyl (C=O) groups is 2. The van der Waals surface area contributed by atoms with Gasteiger partial charge < -0.3 is 4.52 Å². The van der Waals surface area contributed by atoms with E-state index in [2.05, 4.69) is 10.5 Å². The molecule has 1 aromatic carbocycles. The van der Waals surface area contributed by atoms with E-state index >= 15 is 0 Å². The van der Waals surface area contributed by atoms with Crippen LogP contribution in [0.1, 0.15) is 12.0 Å². The summed E-state index contributed by atoms with van der Waals surface area (Å²) in [5.74, 6) is 0.190. The van der Waals surface area contributed by atoms with Crippen molar-refractivity contribution in [3.8, 4) is 0 Å². The minimum Gasteiger partial charge on any atom is -0.354 e. The summed E-state index contributed by atoms with van der Waals surface area (Å²) in [7, 11) is 0. The van der Waals surface area contributed by atoms with Gasteiger partial charge in [-0.15, -0.1) is 0 Å². The summed E-state index contributed by atoms with van der Waals surface area (Å²) >= 11 is 0. The molecule has 6 heteroatoms. The number of aryl methyl sites for hydroxylation is 1. The van der Waals surface area contributed by atoms with Crippen LogP contribution in [0.3, 0.4) is 0 Å². The Bertz CT molecular complexity index is 647. The third kappa shape index (κ3) is 1.62. The van der Waals surface area contributed by atoms with Gasteiger partial charge in [0.25, 0.3) is 0 Å². The van der Waals surface area contributed by atoms with Gasteiger partial charge in [0.15, 0.2) is 11.4 Å². The zero-order valence-corrected chi connectivity index (χ0v) is 9.77. The number of fused-ring (bicyclic) bond motifs is 1. The second-order valence-corrected chi connectivity index (χ2v) is 4.26. The van der Waals surface area contributed by atoms with Crippen molar-refractivity contribution in [2.45, 2.75) is 13.3 Å². The van der Waals surface area contributed by atoms with Gasteiger partial charge in [0.05, 0.1) is 5.39 Å². The van der Waals surface area contributed by atoms with Crippen LogP contribution in [-0.2, 0) is 4.79 Å². The van der Waals surface area contributed by atoms with E-state index in [1.165, 1.54) is 4.90 Å². The normalized spacial score (nSPS) is 16.2. The maximum absolute atomic E-state index is 11.7. The highest BCUT2D eigenvalue weighted by Gasteiger charge is 2.27. The van der Waals surface area contributed by atoms with Crippen molar-refractivity contribution in [1.82, 2.24) is 10.5 Å². The van der Waals surface area contributed by atoms with Crippen molar-refractivity contribution >= 4 is 28.7 Å². The largest absolute Gasteiger partial charge is 0.354 e. The molecule has 2 heterocycles. The molecule has 2 aromatic rings. The molecule has 1 aliphatic heterocycles. The van der Waals surface area contributed by atoms with E-state index in [4.69, 9.17) is 4.52 Å². The van der Waals surface area contributed by atoms with Crippen molar-refractivity contribution in [3.05, 3.63) is 23.8 Å². The first-order valence-electron chi connectivity index (χ1n) is 5.62. The maximum Gasteiger partial charge on any atom is 0.329 e. The van der Waals surface area contributed by atoms with E-state index in [1.807, 2.05) is 25.1 Å². The lowest BCUT2D eigenvalue weighted by atomic mass is 10.2. The van der Waals surface area contributed by atoms with E-state index in [9.17, 15) is 9.59 Å². The summed E-state index contributed by atoms with van der Waals surface area (Å²) in [5.41, 5.74) is 1.69. The number of hydrogen-bond acceptors (Lipinski definition) is 4. The lowest BCUT2D eigenvalue weighted by Crippen LogP contribution is -2.49. The lowest BCUT2D eigenvalue weighted by molar-refractivity contribution is -0.120. The van der Waals surface area contributed by atoms with Crippen LogP contribution in [0.4, 0.5) is 10.6 Å². The molecule has 3 rings (SSSR count). The SMILES string of the molecule is Cc1ccc2c(N3CCC(=O)NC3=O)noc2c1. The number of carbonyl (C=O) groups excluding carboxylic acids is 2. The van der Waals surface area contributed by atoms with E-state index in [1.54, 1.807) is 0 Å². The van der Waals surface area contributed by atoms with Gasteiger partial charge in [0.1, 0.15) is 0 Å². The number of imide groups is 1. The quantitative estimate of drug-likeness (QED) is 0.827. The first-order valence-corrected chi connectivity index (χ1v) is 5.62. The second kappa shape index (κ2) is 3.83. The van der Waals surface area contributed by atoms with Gasteiger partial charge in [-0.2, -0.15) is 0 Å². The Balaban J connectivity index is 2.04. The van der Waals surface area contributed by atoms with Crippen LogP contribution in [0.25, 0.3) is 11.0 Å². The van der Waals surface area contributed by atoms with E-state index < -0.39 is 6.03 Å². The molecule has 1 saturated heterocycles. The molecular weight excluding hydrogens is 234 g/mol. The van der Waals surface area contributed by atoms with Crippen molar-refractivity contribution in [3.63, 3.8) is 0 Å². The molecule has 1 fully saturated rings. The fourth-order valence-electron chi connectivity index (χ4n) is 1.99. The number of benzene rings is 1. The van der Waals surface area contributed by atoms with Gasteiger partial charge >= 0.3 is 6.03 Å². The van der Waals surface area contributed by atoms with Crippen LogP contribution in [-0.4, -0.2) is 23.6 Å². The predicted molar refractivity (Wildman–Crippen MR) is 64.2 cm³/mol. The third-order valence-electron chi connectivity index (χ3n) is 2.92. The van der Waals surface area contributed by atoms with Crippen molar-refractivity contribution in [2.75, 3.05) is 11.4 Å². The average molecular weight is 245 g/mol. The molecule has 0 unspecified atom stereocenters. The number of rotatable bonds is 1. The van der Waals surface area contributed by atoms with Gasteiger partial charge in [-0.3, -0.25) is 15.0 Å². The first kappa shape index (κ1) is 10.8. The Morgan fingerprint density at radius 2 is 2.22 bits per heavy atom. The molecule has 0 bridgehead atoms. The fraction of sp³-hybridized carbons (Fsp3) is 0.250. The molecule has 92 valence electrons. The molecular formula is C12H11N3O3. The Kier molecular flexibility index (Phi) is 2.29. The molecule has 0 spiro atoms. The van der Waals surface area contributed by atoms with Crippen LogP contribution < -0.4 is 10.2 Å². The summed E-state index contributed by atoms with van der Waals surface area (Å²) in [6.45, 7) is 2.27. The summed E-state index contributed by atoms with van der Waals surface area (Å²) in [6, 6.07) is 5.19. The first-order chi connectivity index (χ1) is 8.65. The minimum atomic E-state index is -0.456. The Hall–Kier alpha value is -2.37. The van der Waals surface area contributed by atoms with Crippen LogP contribution in [0, 0.1) is 6.92 Å². The molecule has 1 N–H and O–H groups in total. The predicted octanol–water partition coefficient (Wildman–Crippen LogP) is 1.58. The maximum atomic E-state index is 11.7. The van der Waals surface area contributed by atoms with Gasteiger partial charge in [0, 0.05) is 13.0 Å². The van der Waals surface area contributed by atoms with Gasteiger partial charge in [-0.25, -0.2) is 4.79 Å². The summed E-state index contributed by atoms with van der Waals surface area (Å²) in [4.78, 5) is 24.2. The zero-order valence-electron chi connectivity index (χ0n) is 9.77.